The highest BCUT2D eigenvalue weighted by molar-refractivity contribution is 5.70. The van der Waals surface area contributed by atoms with Crippen LogP contribution in [0.2, 0.25) is 0 Å². The fraction of sp³-hybridized carbons (Fsp3) is 0.949. The van der Waals surface area contributed by atoms with E-state index in [1.165, 1.54) is 405 Å². The van der Waals surface area contributed by atoms with E-state index >= 15 is 0 Å². The van der Waals surface area contributed by atoms with Crippen LogP contribution in [0.3, 0.4) is 0 Å². The molecule has 0 heterocycles. The second kappa shape index (κ2) is 75.9. The third-order valence-electron chi connectivity index (χ3n) is 18.6. The third kappa shape index (κ3) is 73.1. The summed E-state index contributed by atoms with van der Waals surface area (Å²) in [5.74, 6) is -0.558. The minimum absolute atomic E-state index is 0.0562. The molecule has 0 spiro atoms. The number of ether oxygens (including phenoxy) is 2. The van der Waals surface area contributed by atoms with Gasteiger partial charge in [-0.15, -0.1) is 0 Å². The van der Waals surface area contributed by atoms with Gasteiger partial charge in [-0.3, -0.25) is 9.59 Å². The molecule has 5 heteroatoms. The minimum atomic E-state index is -0.767. The molecule has 0 aliphatic carbocycles. The predicted molar refractivity (Wildman–Crippen MR) is 372 cm³/mol. The maximum absolute atomic E-state index is 12.4. The zero-order chi connectivity index (χ0) is 60.5. The van der Waals surface area contributed by atoms with E-state index in [4.69, 9.17) is 9.47 Å². The Hall–Kier alpha value is -1.36. The van der Waals surface area contributed by atoms with Crippen LogP contribution in [0.15, 0.2) is 12.2 Å². The summed E-state index contributed by atoms with van der Waals surface area (Å²) in [6.45, 7) is 4.23. The first-order chi connectivity index (χ1) is 41.6. The number of allylic oxidation sites excluding steroid dienone is 2. The average Bonchev–Trinajstić information content (AvgIpc) is 3.51. The van der Waals surface area contributed by atoms with E-state index in [0.29, 0.717) is 12.8 Å². The Morgan fingerprint density at radius 3 is 0.643 bits per heavy atom. The maximum atomic E-state index is 12.4. The van der Waals surface area contributed by atoms with Crippen LogP contribution in [0.1, 0.15) is 463 Å². The molecule has 0 aromatic heterocycles. The van der Waals surface area contributed by atoms with Gasteiger partial charge in [0, 0.05) is 12.8 Å². The Labute approximate surface area is 528 Å². The monoisotopic (exact) mass is 1180 g/mol. The normalized spacial score (nSPS) is 12.1. The van der Waals surface area contributed by atoms with Crippen LogP contribution in [0.5, 0.6) is 0 Å². The van der Waals surface area contributed by atoms with Crippen molar-refractivity contribution in [3.05, 3.63) is 12.2 Å². The number of aliphatic hydroxyl groups excluding tert-OH is 1. The Morgan fingerprint density at radius 2 is 0.440 bits per heavy atom. The summed E-state index contributed by atoms with van der Waals surface area (Å²) in [5, 5.41) is 9.72. The van der Waals surface area contributed by atoms with Crippen LogP contribution in [-0.2, 0) is 19.1 Å². The number of esters is 2. The van der Waals surface area contributed by atoms with E-state index in [1.807, 2.05) is 0 Å². The number of hydrogen-bond acceptors (Lipinski definition) is 5. The molecule has 1 N–H and O–H groups in total. The molecule has 0 aliphatic rings. The van der Waals surface area contributed by atoms with E-state index < -0.39 is 6.10 Å². The molecule has 500 valence electrons. The number of carbonyl (C=O) groups is 2. The lowest BCUT2D eigenvalue weighted by atomic mass is 10.0. The van der Waals surface area contributed by atoms with Crippen molar-refractivity contribution in [1.82, 2.24) is 0 Å². The molecule has 0 aromatic rings. The van der Waals surface area contributed by atoms with Gasteiger partial charge in [0.05, 0.1) is 6.61 Å². The lowest BCUT2D eigenvalue weighted by Gasteiger charge is -2.15. The van der Waals surface area contributed by atoms with Gasteiger partial charge in [0.15, 0.2) is 6.10 Å². The first-order valence-corrected chi connectivity index (χ1v) is 39.2. The average molecular weight is 1180 g/mol. The summed E-state index contributed by atoms with van der Waals surface area (Å²) < 4.78 is 10.8. The second-order valence-corrected chi connectivity index (χ2v) is 27.2. The van der Waals surface area contributed by atoms with Crippen molar-refractivity contribution in [1.29, 1.82) is 0 Å². The molecule has 84 heavy (non-hydrogen) atoms. The molecule has 0 aromatic carbocycles. The molecular formula is C79H154O5. The first kappa shape index (κ1) is 82.6. The van der Waals surface area contributed by atoms with Crippen LogP contribution in [-0.4, -0.2) is 36.4 Å². The fourth-order valence-electron chi connectivity index (χ4n) is 12.7. The van der Waals surface area contributed by atoms with E-state index in [1.54, 1.807) is 0 Å². The Morgan fingerprint density at radius 1 is 0.262 bits per heavy atom. The molecule has 0 rings (SSSR count). The van der Waals surface area contributed by atoms with Crippen LogP contribution >= 0.6 is 0 Å². The van der Waals surface area contributed by atoms with Crippen LogP contribution in [0.25, 0.3) is 0 Å². The van der Waals surface area contributed by atoms with E-state index in [2.05, 4.69) is 26.0 Å². The summed E-state index contributed by atoms with van der Waals surface area (Å²) in [6, 6.07) is 0. The molecular weight excluding hydrogens is 1030 g/mol. The van der Waals surface area contributed by atoms with Gasteiger partial charge in [0.2, 0.25) is 0 Å². The van der Waals surface area contributed by atoms with Gasteiger partial charge in [-0.25, -0.2) is 0 Å². The highest BCUT2D eigenvalue weighted by atomic mass is 16.6. The van der Waals surface area contributed by atoms with Crippen molar-refractivity contribution in [2.24, 2.45) is 0 Å². The second-order valence-electron chi connectivity index (χ2n) is 27.2. The van der Waals surface area contributed by atoms with Gasteiger partial charge in [-0.05, 0) is 38.5 Å². The number of carbonyl (C=O) groups excluding carboxylic acids is 2. The molecule has 5 nitrogen and oxygen atoms in total. The van der Waals surface area contributed by atoms with Crippen molar-refractivity contribution in [3.8, 4) is 0 Å². The Kier molecular flexibility index (Phi) is 74.7. The number of unbranched alkanes of at least 4 members (excludes halogenated alkanes) is 65. The number of aliphatic hydroxyl groups is 1. The van der Waals surface area contributed by atoms with Crippen molar-refractivity contribution in [2.75, 3.05) is 13.2 Å². The molecule has 0 fully saturated rings. The molecule has 0 radical (unpaired) electrons. The predicted octanol–water partition coefficient (Wildman–Crippen LogP) is 27.3. The van der Waals surface area contributed by atoms with Crippen LogP contribution < -0.4 is 0 Å². The van der Waals surface area contributed by atoms with E-state index in [0.717, 1.165) is 32.1 Å². The highest BCUT2D eigenvalue weighted by Crippen LogP contribution is 2.20. The summed E-state index contributed by atoms with van der Waals surface area (Å²) in [5.41, 5.74) is 0. The highest BCUT2D eigenvalue weighted by Gasteiger charge is 2.16. The Bertz CT molecular complexity index is 1250. The van der Waals surface area contributed by atoms with Crippen molar-refractivity contribution in [2.45, 2.75) is 469 Å². The van der Waals surface area contributed by atoms with Gasteiger partial charge in [-0.1, -0.05) is 424 Å². The van der Waals surface area contributed by atoms with Crippen LogP contribution in [0, 0.1) is 0 Å². The molecule has 0 saturated carbocycles. The minimum Gasteiger partial charge on any atom is -0.462 e. The van der Waals surface area contributed by atoms with E-state index in [9.17, 15) is 14.7 Å². The zero-order valence-corrected chi connectivity index (χ0v) is 57.7. The third-order valence-corrected chi connectivity index (χ3v) is 18.6. The summed E-state index contributed by atoms with van der Waals surface area (Å²) in [6.07, 6.45) is 98.8. The largest absolute Gasteiger partial charge is 0.462 e. The van der Waals surface area contributed by atoms with Crippen molar-refractivity contribution >= 4 is 11.9 Å². The van der Waals surface area contributed by atoms with Gasteiger partial charge >= 0.3 is 11.9 Å². The van der Waals surface area contributed by atoms with Gasteiger partial charge in [0.1, 0.15) is 6.61 Å². The van der Waals surface area contributed by atoms with E-state index in [-0.39, 0.29) is 25.2 Å². The SMILES string of the molecule is CCCCCCCCCC/C=C\CCCCCCCCCCCCCCCCCCCCCCCCCC(=O)OC(CO)COC(=O)CCCCCCCCCCCCCCCCCCCCCCCCCCCCCCCCCCCCC. The summed E-state index contributed by atoms with van der Waals surface area (Å²) >= 11 is 0. The number of rotatable bonds is 75. The lowest BCUT2D eigenvalue weighted by Crippen LogP contribution is -2.28. The molecule has 0 saturated heterocycles. The molecule has 0 bridgehead atoms. The van der Waals surface area contributed by atoms with Gasteiger partial charge < -0.3 is 14.6 Å². The molecule has 1 atom stereocenters. The fourth-order valence-corrected chi connectivity index (χ4v) is 12.7. The van der Waals surface area contributed by atoms with Crippen molar-refractivity contribution < 1.29 is 24.2 Å². The number of hydrogen-bond donors (Lipinski definition) is 1. The standard InChI is InChI=1S/C79H154O5/c1-3-5-7-9-11-13-15-17-19-21-23-25-27-29-31-33-35-37-39-41-43-45-47-49-51-53-55-57-59-61-63-65-67-69-71-73-78(81)83-76-77(75-80)84-79(82)74-72-70-68-66-64-62-60-58-56-54-52-50-48-46-44-42-40-38-36-34-32-30-28-26-24-22-20-18-16-14-12-10-8-6-4-2/h22,24,77,80H,3-21,23,25-76H2,1-2H3/b24-22-. The Balaban J connectivity index is 3.34. The molecule has 0 amide bonds. The maximum Gasteiger partial charge on any atom is 0.306 e. The zero-order valence-electron chi connectivity index (χ0n) is 57.7. The van der Waals surface area contributed by atoms with Crippen molar-refractivity contribution in [3.63, 3.8) is 0 Å². The molecule has 0 aliphatic heterocycles. The quantitative estimate of drug-likeness (QED) is 0.0373. The lowest BCUT2D eigenvalue weighted by molar-refractivity contribution is -0.161. The summed E-state index contributed by atoms with van der Waals surface area (Å²) in [4.78, 5) is 24.7. The van der Waals surface area contributed by atoms with Gasteiger partial charge in [0.25, 0.3) is 0 Å². The first-order valence-electron chi connectivity index (χ1n) is 39.2. The van der Waals surface area contributed by atoms with Gasteiger partial charge in [-0.2, -0.15) is 0 Å². The smallest absolute Gasteiger partial charge is 0.306 e. The van der Waals surface area contributed by atoms with Crippen LogP contribution in [0.4, 0.5) is 0 Å². The topological polar surface area (TPSA) is 72.8 Å². The molecule has 1 unspecified atom stereocenters. The summed E-state index contributed by atoms with van der Waals surface area (Å²) in [7, 11) is 0.